The second-order valence-corrected chi connectivity index (χ2v) is 4.97. The highest BCUT2D eigenvalue weighted by Gasteiger charge is 2.21. The third kappa shape index (κ3) is 3.87. The van der Waals surface area contributed by atoms with Gasteiger partial charge in [-0.2, -0.15) is 0 Å². The van der Waals surface area contributed by atoms with Crippen molar-refractivity contribution in [3.05, 3.63) is 24.3 Å². The van der Waals surface area contributed by atoms with Gasteiger partial charge in [0.25, 0.3) is 0 Å². The van der Waals surface area contributed by atoms with Crippen molar-refractivity contribution < 1.29 is 14.3 Å². The lowest BCUT2D eigenvalue weighted by Crippen LogP contribution is -2.41. The van der Waals surface area contributed by atoms with Crippen LogP contribution in [0.1, 0.15) is 12.8 Å². The molecular weight excluding hydrogens is 256 g/mol. The van der Waals surface area contributed by atoms with Crippen LogP contribution in [0.4, 0.5) is 5.69 Å². The number of nitrogens with one attached hydrogen (secondary N) is 1. The third-order valence-corrected chi connectivity index (χ3v) is 3.63. The standard InChI is InChI=1S/C15H22N2O3/c1-19-14-6-4-3-5-13(14)16-12-7-9-17(10-8-12)11-15(18)20-2/h3-6,12,16H,7-11H2,1-2H3. The van der Waals surface area contributed by atoms with Crippen LogP contribution >= 0.6 is 0 Å². The number of likely N-dealkylation sites (tertiary alicyclic amines) is 1. The van der Waals surface area contributed by atoms with Crippen molar-refractivity contribution in [1.82, 2.24) is 4.90 Å². The minimum absolute atomic E-state index is 0.166. The fourth-order valence-corrected chi connectivity index (χ4v) is 2.47. The Morgan fingerprint density at radius 2 is 2.00 bits per heavy atom. The van der Waals surface area contributed by atoms with Crippen molar-refractivity contribution in [1.29, 1.82) is 0 Å². The molecule has 0 aromatic heterocycles. The lowest BCUT2D eigenvalue weighted by Gasteiger charge is -2.32. The first kappa shape index (κ1) is 14.7. The summed E-state index contributed by atoms with van der Waals surface area (Å²) in [5.74, 6) is 0.700. The molecule has 0 amide bonds. The van der Waals surface area contributed by atoms with E-state index in [1.54, 1.807) is 7.11 Å². The smallest absolute Gasteiger partial charge is 0.319 e. The zero-order valence-corrected chi connectivity index (χ0v) is 12.1. The number of anilines is 1. The molecule has 1 aliphatic heterocycles. The number of carbonyl (C=O) groups is 1. The molecule has 0 bridgehead atoms. The van der Waals surface area contributed by atoms with E-state index in [4.69, 9.17) is 9.47 Å². The zero-order valence-electron chi connectivity index (χ0n) is 12.1. The molecule has 0 atom stereocenters. The molecule has 1 N–H and O–H groups in total. The molecule has 5 nitrogen and oxygen atoms in total. The van der Waals surface area contributed by atoms with Crippen molar-refractivity contribution in [3.8, 4) is 5.75 Å². The summed E-state index contributed by atoms with van der Waals surface area (Å²) in [4.78, 5) is 13.4. The predicted octanol–water partition coefficient (Wildman–Crippen LogP) is 1.74. The molecule has 1 aromatic rings. The van der Waals surface area contributed by atoms with Crippen LogP contribution in [0.3, 0.4) is 0 Å². The lowest BCUT2D eigenvalue weighted by molar-refractivity contribution is -0.142. The SMILES string of the molecule is COC(=O)CN1CCC(Nc2ccccc2OC)CC1. The number of carbonyl (C=O) groups excluding carboxylic acids is 1. The molecule has 2 rings (SSSR count). The second kappa shape index (κ2) is 7.14. The molecule has 1 saturated heterocycles. The van der Waals surface area contributed by atoms with Crippen LogP contribution in [0.2, 0.25) is 0 Å². The number of para-hydroxylation sites is 2. The van der Waals surface area contributed by atoms with Gasteiger partial charge in [0, 0.05) is 19.1 Å². The Balaban J connectivity index is 1.84. The summed E-state index contributed by atoms with van der Waals surface area (Å²) < 4.78 is 10.0. The average Bonchev–Trinajstić information content (AvgIpc) is 2.49. The number of nitrogens with zero attached hydrogens (tertiary/aromatic N) is 1. The van der Waals surface area contributed by atoms with Crippen molar-refractivity contribution >= 4 is 11.7 Å². The summed E-state index contributed by atoms with van der Waals surface area (Å²) in [6.45, 7) is 2.20. The van der Waals surface area contributed by atoms with E-state index in [9.17, 15) is 4.79 Å². The van der Waals surface area contributed by atoms with Crippen LogP contribution in [0.15, 0.2) is 24.3 Å². The molecule has 0 spiro atoms. The molecule has 1 aromatic carbocycles. The summed E-state index contributed by atoms with van der Waals surface area (Å²) in [6, 6.07) is 8.36. The summed E-state index contributed by atoms with van der Waals surface area (Å²) in [6.07, 6.45) is 2.02. The number of ether oxygens (including phenoxy) is 2. The molecule has 5 heteroatoms. The minimum Gasteiger partial charge on any atom is -0.495 e. The van der Waals surface area contributed by atoms with Gasteiger partial charge >= 0.3 is 5.97 Å². The van der Waals surface area contributed by atoms with Gasteiger partial charge < -0.3 is 14.8 Å². The molecule has 1 fully saturated rings. The van der Waals surface area contributed by atoms with Crippen LogP contribution in [-0.2, 0) is 9.53 Å². The molecule has 0 unspecified atom stereocenters. The summed E-state index contributed by atoms with van der Waals surface area (Å²) in [7, 11) is 3.11. The molecule has 0 aliphatic carbocycles. The van der Waals surface area contributed by atoms with Crippen LogP contribution in [-0.4, -0.2) is 50.8 Å². The molecule has 0 saturated carbocycles. The minimum atomic E-state index is -0.166. The Morgan fingerprint density at radius 3 is 2.65 bits per heavy atom. The first-order valence-electron chi connectivity index (χ1n) is 6.91. The quantitative estimate of drug-likeness (QED) is 0.832. The number of benzene rings is 1. The van der Waals surface area contributed by atoms with Crippen molar-refractivity contribution in [2.45, 2.75) is 18.9 Å². The van der Waals surface area contributed by atoms with E-state index in [1.807, 2.05) is 24.3 Å². The monoisotopic (exact) mass is 278 g/mol. The van der Waals surface area contributed by atoms with E-state index >= 15 is 0 Å². The highest BCUT2D eigenvalue weighted by molar-refractivity contribution is 5.71. The number of hydrogen-bond donors (Lipinski definition) is 1. The van der Waals surface area contributed by atoms with Gasteiger partial charge in [-0.1, -0.05) is 12.1 Å². The molecular formula is C15H22N2O3. The number of hydrogen-bond acceptors (Lipinski definition) is 5. The molecule has 20 heavy (non-hydrogen) atoms. The summed E-state index contributed by atoms with van der Waals surface area (Å²) in [5, 5.41) is 3.52. The largest absolute Gasteiger partial charge is 0.495 e. The van der Waals surface area contributed by atoms with Crippen molar-refractivity contribution in [3.63, 3.8) is 0 Å². The second-order valence-electron chi connectivity index (χ2n) is 4.97. The molecule has 110 valence electrons. The van der Waals surface area contributed by atoms with Gasteiger partial charge in [0.2, 0.25) is 0 Å². The Bertz CT molecular complexity index is 442. The average molecular weight is 278 g/mol. The molecule has 1 aliphatic rings. The normalized spacial score (nSPS) is 16.7. The Kier molecular flexibility index (Phi) is 5.24. The van der Waals surface area contributed by atoms with E-state index in [1.165, 1.54) is 7.11 Å². The highest BCUT2D eigenvalue weighted by Crippen LogP contribution is 2.25. The van der Waals surface area contributed by atoms with Crippen LogP contribution in [0.25, 0.3) is 0 Å². The predicted molar refractivity (Wildman–Crippen MR) is 78.1 cm³/mol. The number of piperidine rings is 1. The summed E-state index contributed by atoms with van der Waals surface area (Å²) >= 11 is 0. The maximum atomic E-state index is 11.2. The fraction of sp³-hybridized carbons (Fsp3) is 0.533. The van der Waals surface area contributed by atoms with E-state index in [-0.39, 0.29) is 5.97 Å². The van der Waals surface area contributed by atoms with E-state index < -0.39 is 0 Å². The van der Waals surface area contributed by atoms with Gasteiger partial charge in [0.15, 0.2) is 0 Å². The van der Waals surface area contributed by atoms with Crippen molar-refractivity contribution in [2.24, 2.45) is 0 Å². The highest BCUT2D eigenvalue weighted by atomic mass is 16.5. The van der Waals surface area contributed by atoms with E-state index in [0.29, 0.717) is 12.6 Å². The van der Waals surface area contributed by atoms with Gasteiger partial charge in [-0.15, -0.1) is 0 Å². The van der Waals surface area contributed by atoms with Crippen LogP contribution < -0.4 is 10.1 Å². The van der Waals surface area contributed by atoms with Gasteiger partial charge in [0.05, 0.1) is 26.5 Å². The first-order valence-corrected chi connectivity index (χ1v) is 6.91. The molecule has 1 heterocycles. The Morgan fingerprint density at radius 1 is 1.30 bits per heavy atom. The Labute approximate surface area is 119 Å². The van der Waals surface area contributed by atoms with Crippen LogP contribution in [0, 0.1) is 0 Å². The third-order valence-electron chi connectivity index (χ3n) is 3.63. The summed E-state index contributed by atoms with van der Waals surface area (Å²) in [5.41, 5.74) is 1.03. The molecule has 0 radical (unpaired) electrons. The van der Waals surface area contributed by atoms with Gasteiger partial charge in [-0.3, -0.25) is 9.69 Å². The first-order chi connectivity index (χ1) is 9.72. The number of esters is 1. The number of methoxy groups -OCH3 is 2. The number of rotatable bonds is 5. The maximum Gasteiger partial charge on any atom is 0.319 e. The van der Waals surface area contributed by atoms with Gasteiger partial charge in [0.1, 0.15) is 5.75 Å². The fourth-order valence-electron chi connectivity index (χ4n) is 2.47. The lowest BCUT2D eigenvalue weighted by atomic mass is 10.0. The topological polar surface area (TPSA) is 50.8 Å². The van der Waals surface area contributed by atoms with Gasteiger partial charge in [-0.25, -0.2) is 0 Å². The maximum absolute atomic E-state index is 11.2. The van der Waals surface area contributed by atoms with E-state index in [0.717, 1.165) is 37.4 Å². The van der Waals surface area contributed by atoms with Crippen LogP contribution in [0.5, 0.6) is 5.75 Å². The van der Waals surface area contributed by atoms with E-state index in [2.05, 4.69) is 10.2 Å². The Hall–Kier alpha value is -1.75. The zero-order chi connectivity index (χ0) is 14.4. The van der Waals surface area contributed by atoms with Crippen molar-refractivity contribution in [2.75, 3.05) is 39.2 Å². The van der Waals surface area contributed by atoms with Gasteiger partial charge in [-0.05, 0) is 25.0 Å².